The van der Waals surface area contributed by atoms with E-state index in [4.69, 9.17) is 15.2 Å². The van der Waals surface area contributed by atoms with Crippen molar-refractivity contribution in [2.75, 3.05) is 39.1 Å². The van der Waals surface area contributed by atoms with E-state index in [-0.39, 0.29) is 0 Å². The van der Waals surface area contributed by atoms with Crippen molar-refractivity contribution in [3.05, 3.63) is 40.4 Å². The second-order valence-corrected chi connectivity index (χ2v) is 6.45. The van der Waals surface area contributed by atoms with E-state index in [1.54, 1.807) is 18.4 Å². The van der Waals surface area contributed by atoms with E-state index in [1.165, 1.54) is 10.4 Å². The lowest BCUT2D eigenvalue weighted by Gasteiger charge is -2.26. The maximum absolute atomic E-state index is 5.93. The minimum absolute atomic E-state index is 0.640. The Morgan fingerprint density at radius 2 is 2.18 bits per heavy atom. The summed E-state index contributed by atoms with van der Waals surface area (Å²) in [5.74, 6) is 0.879. The second-order valence-electron chi connectivity index (χ2n) is 5.34. The van der Waals surface area contributed by atoms with Gasteiger partial charge >= 0.3 is 0 Å². The molecule has 0 saturated carbocycles. The number of hydrogen-bond acceptors (Lipinski definition) is 6. The smallest absolute Gasteiger partial charge is 0.180 e. The van der Waals surface area contributed by atoms with E-state index >= 15 is 0 Å². The highest BCUT2D eigenvalue weighted by Crippen LogP contribution is 2.26. The molecule has 5 nitrogen and oxygen atoms in total. The van der Waals surface area contributed by atoms with E-state index in [0.717, 1.165) is 50.7 Å². The van der Waals surface area contributed by atoms with Crippen LogP contribution >= 0.6 is 11.3 Å². The molecule has 1 saturated heterocycles. The van der Waals surface area contributed by atoms with Gasteiger partial charge in [-0.2, -0.15) is 0 Å². The summed E-state index contributed by atoms with van der Waals surface area (Å²) in [7, 11) is 1.69. The second kappa shape index (κ2) is 7.09. The number of aromatic nitrogens is 1. The molecule has 0 aliphatic carbocycles. The van der Waals surface area contributed by atoms with Crippen molar-refractivity contribution in [1.82, 2.24) is 9.88 Å². The van der Waals surface area contributed by atoms with Crippen LogP contribution in [0.3, 0.4) is 0 Å². The first-order valence-corrected chi connectivity index (χ1v) is 8.23. The summed E-state index contributed by atoms with van der Waals surface area (Å²) in [6.07, 6.45) is 0.839. The fraction of sp³-hybridized carbons (Fsp3) is 0.438. The number of nitrogens with zero attached hydrogens (tertiary/aromatic N) is 2. The van der Waals surface area contributed by atoms with Crippen LogP contribution in [0.2, 0.25) is 0 Å². The molecule has 0 unspecified atom stereocenters. The predicted molar refractivity (Wildman–Crippen MR) is 88.4 cm³/mol. The third-order valence-corrected chi connectivity index (χ3v) is 4.70. The van der Waals surface area contributed by atoms with Gasteiger partial charge in [-0.25, -0.2) is 4.98 Å². The Hall–Kier alpha value is -1.63. The molecule has 1 fully saturated rings. The summed E-state index contributed by atoms with van der Waals surface area (Å²) < 4.78 is 10.7. The van der Waals surface area contributed by atoms with Crippen molar-refractivity contribution in [3.8, 4) is 5.75 Å². The highest BCUT2D eigenvalue weighted by molar-refractivity contribution is 7.15. The summed E-state index contributed by atoms with van der Waals surface area (Å²) in [5, 5.41) is 0.640. The molecule has 2 heterocycles. The molecule has 0 spiro atoms. The number of anilines is 1. The van der Waals surface area contributed by atoms with Crippen molar-refractivity contribution < 1.29 is 9.47 Å². The van der Waals surface area contributed by atoms with E-state index < -0.39 is 0 Å². The standard InChI is InChI=1S/C16H21N3O2S/c1-20-13-4-2-3-12(9-13)10-15-14(18-16(17)22-15)11-19-5-7-21-8-6-19/h2-4,9H,5-8,10-11H2,1H3,(H2,17,18). The molecule has 1 aromatic heterocycles. The van der Waals surface area contributed by atoms with Crippen LogP contribution in [0.15, 0.2) is 24.3 Å². The third-order valence-electron chi connectivity index (χ3n) is 3.77. The van der Waals surface area contributed by atoms with Crippen molar-refractivity contribution in [2.45, 2.75) is 13.0 Å². The molecule has 1 aromatic carbocycles. The van der Waals surface area contributed by atoms with Crippen molar-refractivity contribution in [2.24, 2.45) is 0 Å². The van der Waals surface area contributed by atoms with E-state index in [0.29, 0.717) is 5.13 Å². The molecule has 2 N–H and O–H groups in total. The predicted octanol–water partition coefficient (Wildman–Crippen LogP) is 2.16. The van der Waals surface area contributed by atoms with Crippen LogP contribution in [0.4, 0.5) is 5.13 Å². The topological polar surface area (TPSA) is 60.6 Å². The number of thiazole rings is 1. The van der Waals surface area contributed by atoms with E-state index in [9.17, 15) is 0 Å². The van der Waals surface area contributed by atoms with Gasteiger partial charge in [0, 0.05) is 30.9 Å². The molecule has 1 aliphatic heterocycles. The monoisotopic (exact) mass is 319 g/mol. The first-order valence-electron chi connectivity index (χ1n) is 7.41. The van der Waals surface area contributed by atoms with Gasteiger partial charge in [-0.05, 0) is 17.7 Å². The molecule has 1 aliphatic rings. The van der Waals surface area contributed by atoms with Gasteiger partial charge in [0.05, 0.1) is 26.0 Å². The fourth-order valence-corrected chi connectivity index (χ4v) is 3.48. The first kappa shape index (κ1) is 15.3. The zero-order chi connectivity index (χ0) is 15.4. The lowest BCUT2D eigenvalue weighted by Crippen LogP contribution is -2.35. The molecular weight excluding hydrogens is 298 g/mol. The van der Waals surface area contributed by atoms with Gasteiger partial charge in [0.15, 0.2) is 5.13 Å². The lowest BCUT2D eigenvalue weighted by atomic mass is 10.1. The number of nitrogens with two attached hydrogens (primary N) is 1. The first-order chi connectivity index (χ1) is 10.7. The van der Waals surface area contributed by atoms with E-state index in [2.05, 4.69) is 22.0 Å². The number of morpholine rings is 1. The molecule has 22 heavy (non-hydrogen) atoms. The van der Waals surface area contributed by atoms with Crippen molar-refractivity contribution >= 4 is 16.5 Å². The summed E-state index contributed by atoms with van der Waals surface area (Å²) in [4.78, 5) is 8.13. The van der Waals surface area contributed by atoms with Gasteiger partial charge in [-0.3, -0.25) is 4.90 Å². The van der Waals surface area contributed by atoms with Crippen LogP contribution in [0.25, 0.3) is 0 Å². The molecule has 118 valence electrons. The zero-order valence-electron chi connectivity index (χ0n) is 12.7. The molecule has 0 atom stereocenters. The van der Waals surface area contributed by atoms with Crippen LogP contribution in [0, 0.1) is 0 Å². The third kappa shape index (κ3) is 3.76. The van der Waals surface area contributed by atoms with Crippen LogP contribution in [-0.4, -0.2) is 43.3 Å². The number of benzene rings is 1. The Bertz CT molecular complexity index is 624. The normalized spacial score (nSPS) is 15.9. The minimum atomic E-state index is 0.640. The molecule has 0 bridgehead atoms. The Balaban J connectivity index is 1.75. The summed E-state index contributed by atoms with van der Waals surface area (Å²) in [6, 6.07) is 8.14. The summed E-state index contributed by atoms with van der Waals surface area (Å²) in [6.45, 7) is 4.35. The summed E-state index contributed by atoms with van der Waals surface area (Å²) in [5.41, 5.74) is 8.24. The quantitative estimate of drug-likeness (QED) is 0.915. The van der Waals surface area contributed by atoms with Crippen molar-refractivity contribution in [3.63, 3.8) is 0 Å². The van der Waals surface area contributed by atoms with Crippen LogP contribution < -0.4 is 10.5 Å². The highest BCUT2D eigenvalue weighted by Gasteiger charge is 2.16. The van der Waals surface area contributed by atoms with Crippen LogP contribution in [0.1, 0.15) is 16.1 Å². The number of ether oxygens (including phenoxy) is 2. The van der Waals surface area contributed by atoms with Crippen LogP contribution in [0.5, 0.6) is 5.75 Å². The van der Waals surface area contributed by atoms with Gasteiger partial charge in [-0.15, -0.1) is 11.3 Å². The molecule has 2 aromatic rings. The van der Waals surface area contributed by atoms with Gasteiger partial charge in [-0.1, -0.05) is 12.1 Å². The van der Waals surface area contributed by atoms with Gasteiger partial charge in [0.25, 0.3) is 0 Å². The molecule has 6 heteroatoms. The molecule has 0 amide bonds. The summed E-state index contributed by atoms with van der Waals surface area (Å²) >= 11 is 1.58. The SMILES string of the molecule is COc1cccc(Cc2sc(N)nc2CN2CCOCC2)c1. The average molecular weight is 319 g/mol. The van der Waals surface area contributed by atoms with Crippen LogP contribution in [-0.2, 0) is 17.7 Å². The maximum Gasteiger partial charge on any atom is 0.180 e. The molecule has 0 radical (unpaired) electrons. The molecular formula is C16H21N3O2S. The Morgan fingerprint density at radius 3 is 2.95 bits per heavy atom. The largest absolute Gasteiger partial charge is 0.497 e. The lowest BCUT2D eigenvalue weighted by molar-refractivity contribution is 0.0336. The number of nitrogen functional groups attached to an aromatic ring is 1. The number of hydrogen-bond donors (Lipinski definition) is 1. The Labute approximate surface area is 134 Å². The van der Waals surface area contributed by atoms with Gasteiger partial charge < -0.3 is 15.2 Å². The highest BCUT2D eigenvalue weighted by atomic mass is 32.1. The zero-order valence-corrected chi connectivity index (χ0v) is 13.6. The maximum atomic E-state index is 5.93. The van der Waals surface area contributed by atoms with Gasteiger partial charge in [0.1, 0.15) is 5.75 Å². The fourth-order valence-electron chi connectivity index (χ4n) is 2.60. The van der Waals surface area contributed by atoms with Gasteiger partial charge in [0.2, 0.25) is 0 Å². The average Bonchev–Trinajstić information content (AvgIpc) is 2.88. The molecule has 3 rings (SSSR count). The Morgan fingerprint density at radius 1 is 1.36 bits per heavy atom. The Kier molecular flexibility index (Phi) is 4.92. The minimum Gasteiger partial charge on any atom is -0.497 e. The van der Waals surface area contributed by atoms with E-state index in [1.807, 2.05) is 12.1 Å². The van der Waals surface area contributed by atoms with Crippen molar-refractivity contribution in [1.29, 1.82) is 0 Å². The number of rotatable bonds is 5. The number of methoxy groups -OCH3 is 1.